The second kappa shape index (κ2) is 1.29. The molecule has 3 rings (SSSR count). The molecule has 0 spiro atoms. The first-order valence-electron chi connectivity index (χ1n) is 4.42. The second-order valence-electron chi connectivity index (χ2n) is 4.64. The molecule has 0 N–H and O–H groups in total. The minimum atomic E-state index is -0.142. The van der Waals surface area contributed by atoms with Crippen molar-refractivity contribution in [2.75, 3.05) is 0 Å². The van der Waals surface area contributed by atoms with Crippen molar-refractivity contribution in [1.82, 2.24) is 0 Å². The average Bonchev–Trinajstić information content (AvgIpc) is 2.45. The van der Waals surface area contributed by atoms with Crippen molar-refractivity contribution in [3.05, 3.63) is 24.3 Å². The molecule has 0 aromatic heterocycles. The fourth-order valence-electron chi connectivity index (χ4n) is 3.31. The topological polar surface area (TPSA) is 23.8 Å². The van der Waals surface area contributed by atoms with Crippen LogP contribution in [0.1, 0.15) is 13.8 Å². The first-order valence-corrected chi connectivity index (χ1v) is 4.42. The minimum Gasteiger partial charge on any atom is -0.197 e. The third-order valence-corrected chi connectivity index (χ3v) is 4.52. The van der Waals surface area contributed by atoms with E-state index in [1.54, 1.807) is 0 Å². The standard InChI is InChI=1S/C11H11N/c1-9-4-3-8-10(9,2)11(8,7-12)6-5-9/h3-6,8H,1-2H3/t8?,9-,10-,11?/m0/s1. The summed E-state index contributed by atoms with van der Waals surface area (Å²) in [6.45, 7) is 4.47. The molecule has 0 aromatic rings. The Kier molecular flexibility index (Phi) is 0.695. The van der Waals surface area contributed by atoms with Crippen LogP contribution in [-0.4, -0.2) is 0 Å². The molecule has 1 heteroatoms. The summed E-state index contributed by atoms with van der Waals surface area (Å²) in [5.74, 6) is 0.491. The number of rotatable bonds is 0. The summed E-state index contributed by atoms with van der Waals surface area (Å²) >= 11 is 0. The molecule has 4 atom stereocenters. The number of nitrogens with zero attached hydrogens (tertiary/aromatic N) is 1. The molecule has 3 aliphatic rings. The molecule has 12 heavy (non-hydrogen) atoms. The van der Waals surface area contributed by atoms with Gasteiger partial charge in [0.2, 0.25) is 0 Å². The SMILES string of the molecule is C[C@]12C=CC3C(C#N)(C=C1)[C@@]32C. The molecule has 0 saturated heterocycles. The van der Waals surface area contributed by atoms with Crippen molar-refractivity contribution in [2.45, 2.75) is 13.8 Å². The second-order valence-corrected chi connectivity index (χ2v) is 4.64. The zero-order valence-electron chi connectivity index (χ0n) is 7.33. The van der Waals surface area contributed by atoms with Crippen molar-refractivity contribution in [2.24, 2.45) is 22.2 Å². The lowest BCUT2D eigenvalue weighted by atomic mass is 9.77. The van der Waals surface area contributed by atoms with Crippen molar-refractivity contribution in [3.63, 3.8) is 0 Å². The summed E-state index contributed by atoms with van der Waals surface area (Å²) in [7, 11) is 0. The molecule has 0 bridgehead atoms. The Hall–Kier alpha value is -1.03. The Bertz CT molecular complexity index is 373. The van der Waals surface area contributed by atoms with Crippen LogP contribution >= 0.6 is 0 Å². The van der Waals surface area contributed by atoms with E-state index < -0.39 is 0 Å². The van der Waals surface area contributed by atoms with E-state index in [-0.39, 0.29) is 16.2 Å². The van der Waals surface area contributed by atoms with E-state index in [1.165, 1.54) is 0 Å². The number of hydrogen-bond donors (Lipinski definition) is 0. The number of hydrogen-bond acceptors (Lipinski definition) is 1. The van der Waals surface area contributed by atoms with Gasteiger partial charge in [0.15, 0.2) is 0 Å². The van der Waals surface area contributed by atoms with Gasteiger partial charge in [-0.2, -0.15) is 5.26 Å². The molecule has 60 valence electrons. The molecule has 0 aliphatic heterocycles. The molecule has 0 radical (unpaired) electrons. The fraction of sp³-hybridized carbons (Fsp3) is 0.545. The molecule has 0 amide bonds. The van der Waals surface area contributed by atoms with Crippen LogP contribution in [0.25, 0.3) is 0 Å². The zero-order chi connectivity index (χ0) is 8.61. The van der Waals surface area contributed by atoms with E-state index in [0.717, 1.165) is 0 Å². The lowest BCUT2D eigenvalue weighted by Gasteiger charge is -2.25. The molecule has 1 saturated carbocycles. The highest BCUT2D eigenvalue weighted by Gasteiger charge is 2.82. The minimum absolute atomic E-state index is 0.142. The molecule has 3 aliphatic carbocycles. The summed E-state index contributed by atoms with van der Waals surface area (Å²) in [6.07, 6.45) is 8.81. The Balaban J connectivity index is 2.29. The van der Waals surface area contributed by atoms with Crippen LogP contribution in [0.4, 0.5) is 0 Å². The molecule has 1 nitrogen and oxygen atoms in total. The monoisotopic (exact) mass is 157 g/mol. The quantitative estimate of drug-likeness (QED) is 0.495. The van der Waals surface area contributed by atoms with Gasteiger partial charge in [-0.3, -0.25) is 0 Å². The Morgan fingerprint density at radius 2 is 2.00 bits per heavy atom. The van der Waals surface area contributed by atoms with Gasteiger partial charge in [-0.05, 0) is 0 Å². The molecule has 0 heterocycles. The van der Waals surface area contributed by atoms with E-state index in [2.05, 4.69) is 44.2 Å². The lowest BCUT2D eigenvalue weighted by Crippen LogP contribution is -2.20. The van der Waals surface area contributed by atoms with Gasteiger partial charge in [-0.1, -0.05) is 38.2 Å². The summed E-state index contributed by atoms with van der Waals surface area (Å²) in [5, 5.41) is 9.13. The Morgan fingerprint density at radius 3 is 2.50 bits per heavy atom. The van der Waals surface area contributed by atoms with Crippen molar-refractivity contribution in [1.29, 1.82) is 5.26 Å². The van der Waals surface area contributed by atoms with Crippen molar-refractivity contribution < 1.29 is 0 Å². The molecular weight excluding hydrogens is 146 g/mol. The van der Waals surface area contributed by atoms with E-state index in [1.807, 2.05) is 0 Å². The Morgan fingerprint density at radius 1 is 1.25 bits per heavy atom. The van der Waals surface area contributed by atoms with Crippen LogP contribution in [0.2, 0.25) is 0 Å². The van der Waals surface area contributed by atoms with Gasteiger partial charge in [-0.15, -0.1) is 0 Å². The van der Waals surface area contributed by atoms with Crippen LogP contribution in [-0.2, 0) is 0 Å². The summed E-state index contributed by atoms with van der Waals surface area (Å²) in [4.78, 5) is 0. The van der Waals surface area contributed by atoms with E-state index in [0.29, 0.717) is 5.92 Å². The van der Waals surface area contributed by atoms with Gasteiger partial charge < -0.3 is 0 Å². The van der Waals surface area contributed by atoms with Gasteiger partial charge in [0.25, 0.3) is 0 Å². The summed E-state index contributed by atoms with van der Waals surface area (Å²) in [6, 6.07) is 2.47. The number of nitriles is 1. The van der Waals surface area contributed by atoms with E-state index in [4.69, 9.17) is 5.26 Å². The van der Waals surface area contributed by atoms with Crippen molar-refractivity contribution in [3.8, 4) is 6.07 Å². The van der Waals surface area contributed by atoms with Gasteiger partial charge in [-0.25, -0.2) is 0 Å². The van der Waals surface area contributed by atoms with Gasteiger partial charge in [0.1, 0.15) is 0 Å². The normalized spacial score (nSPS) is 63.2. The van der Waals surface area contributed by atoms with Crippen LogP contribution < -0.4 is 0 Å². The maximum Gasteiger partial charge on any atom is 0.0893 e. The summed E-state index contributed by atoms with van der Waals surface area (Å²) < 4.78 is 0. The van der Waals surface area contributed by atoms with Crippen LogP contribution in [0, 0.1) is 33.5 Å². The first kappa shape index (κ1) is 6.48. The van der Waals surface area contributed by atoms with E-state index >= 15 is 0 Å². The molecule has 2 unspecified atom stereocenters. The fourth-order valence-corrected chi connectivity index (χ4v) is 3.31. The average molecular weight is 157 g/mol. The van der Waals surface area contributed by atoms with E-state index in [9.17, 15) is 0 Å². The largest absolute Gasteiger partial charge is 0.197 e. The third-order valence-electron chi connectivity index (χ3n) is 4.52. The Labute approximate surface area is 72.4 Å². The zero-order valence-corrected chi connectivity index (χ0v) is 7.33. The first-order chi connectivity index (χ1) is 5.61. The van der Waals surface area contributed by atoms with Gasteiger partial charge in [0.05, 0.1) is 11.5 Å². The highest BCUT2D eigenvalue weighted by atomic mass is 14.8. The maximum absolute atomic E-state index is 9.13. The van der Waals surface area contributed by atoms with Crippen LogP contribution in [0.5, 0.6) is 0 Å². The third kappa shape index (κ3) is 0.309. The van der Waals surface area contributed by atoms with Crippen LogP contribution in [0.3, 0.4) is 0 Å². The number of allylic oxidation sites excluding steroid dienone is 4. The predicted molar refractivity (Wildman–Crippen MR) is 46.0 cm³/mol. The molecule has 0 aromatic carbocycles. The highest BCUT2D eigenvalue weighted by molar-refractivity contribution is 5.55. The van der Waals surface area contributed by atoms with Crippen molar-refractivity contribution >= 4 is 0 Å². The molecular formula is C11H11N. The summed E-state index contributed by atoms with van der Waals surface area (Å²) in [5.41, 5.74) is 0.207. The number of fused-ring (bicyclic) bond motifs is 1. The molecule has 1 fully saturated rings. The van der Waals surface area contributed by atoms with Crippen LogP contribution in [0.15, 0.2) is 24.3 Å². The smallest absolute Gasteiger partial charge is 0.0893 e. The maximum atomic E-state index is 9.13. The lowest BCUT2D eigenvalue weighted by molar-refractivity contribution is 0.317. The highest BCUT2D eigenvalue weighted by Crippen LogP contribution is 2.84. The van der Waals surface area contributed by atoms with Gasteiger partial charge >= 0.3 is 0 Å². The van der Waals surface area contributed by atoms with Gasteiger partial charge in [0, 0.05) is 16.7 Å². The predicted octanol–water partition coefficient (Wildman–Crippen LogP) is 2.28.